The quantitative estimate of drug-likeness (QED) is 0.312. The van der Waals surface area contributed by atoms with Gasteiger partial charge >= 0.3 is 0 Å². The van der Waals surface area contributed by atoms with Gasteiger partial charge in [0.2, 0.25) is 0 Å². The molecule has 0 spiro atoms. The number of rotatable bonds is 3. The minimum Gasteiger partial charge on any atom is -0.272 e. The highest BCUT2D eigenvalue weighted by atomic mass is 79.9. The van der Waals surface area contributed by atoms with Crippen LogP contribution < -0.4 is 5.43 Å². The van der Waals surface area contributed by atoms with E-state index < -0.39 is 34.5 Å². The van der Waals surface area contributed by atoms with Crippen LogP contribution >= 0.6 is 31.9 Å². The van der Waals surface area contributed by atoms with Crippen molar-refractivity contribution < 1.29 is 19.3 Å². The Kier molecular flexibility index (Phi) is 4.92. The maximum absolute atomic E-state index is 12.5. The number of nitrogens with zero attached hydrogens (tertiary/aromatic N) is 2. The Bertz CT molecular complexity index is 726. The standard InChI is InChI=1S/C15H13Br2N3O5/c16-11-5-9-10(6-12(11)17)15(23)19(14(9)22)18-13(21)7-1-3-8(4-2-7)20(24)25/h1-4,9-12H,5-6H2,(H,18,21)/t9-,10-,11-,12+/m1/s1. The summed E-state index contributed by atoms with van der Waals surface area (Å²) in [5.41, 5.74) is 2.30. The van der Waals surface area contributed by atoms with Crippen LogP contribution in [0.15, 0.2) is 24.3 Å². The van der Waals surface area contributed by atoms with Gasteiger partial charge in [0.15, 0.2) is 0 Å². The van der Waals surface area contributed by atoms with Crippen LogP contribution in [0.3, 0.4) is 0 Å². The summed E-state index contributed by atoms with van der Waals surface area (Å²) in [6.07, 6.45) is 1.02. The van der Waals surface area contributed by atoms with Gasteiger partial charge in [-0.3, -0.25) is 29.9 Å². The van der Waals surface area contributed by atoms with Crippen molar-refractivity contribution in [3.63, 3.8) is 0 Å². The molecule has 1 saturated heterocycles. The third-order valence-corrected chi connectivity index (χ3v) is 7.20. The molecule has 0 bridgehead atoms. The summed E-state index contributed by atoms with van der Waals surface area (Å²) in [6, 6.07) is 4.92. The Hall–Kier alpha value is -1.81. The van der Waals surface area contributed by atoms with E-state index >= 15 is 0 Å². The number of benzene rings is 1. The molecule has 4 atom stereocenters. The molecule has 1 heterocycles. The third kappa shape index (κ3) is 3.32. The number of alkyl halides is 2. The monoisotopic (exact) mass is 473 g/mol. The lowest BCUT2D eigenvalue weighted by Crippen LogP contribution is -2.46. The van der Waals surface area contributed by atoms with E-state index in [2.05, 4.69) is 37.3 Å². The Morgan fingerprint density at radius 3 is 2.00 bits per heavy atom. The second-order valence-corrected chi connectivity index (χ2v) is 8.33. The largest absolute Gasteiger partial charge is 0.272 e. The summed E-state index contributed by atoms with van der Waals surface area (Å²) in [5.74, 6) is -2.42. The van der Waals surface area contributed by atoms with Gasteiger partial charge in [-0.2, -0.15) is 5.01 Å². The van der Waals surface area contributed by atoms with Gasteiger partial charge in [-0.1, -0.05) is 31.9 Å². The number of carbonyl (C=O) groups is 3. The van der Waals surface area contributed by atoms with Crippen molar-refractivity contribution in [2.24, 2.45) is 11.8 Å². The van der Waals surface area contributed by atoms with Crippen LogP contribution in [0.2, 0.25) is 0 Å². The molecule has 3 amide bonds. The molecule has 10 heteroatoms. The second kappa shape index (κ2) is 6.83. The summed E-state index contributed by atoms with van der Waals surface area (Å²) in [6.45, 7) is 0. The number of amides is 3. The molecule has 0 radical (unpaired) electrons. The molecular formula is C15H13Br2N3O5. The summed E-state index contributed by atoms with van der Waals surface area (Å²) >= 11 is 6.98. The number of nitro benzene ring substituents is 1. The Labute approximate surface area is 159 Å². The molecule has 2 fully saturated rings. The highest BCUT2D eigenvalue weighted by Gasteiger charge is 2.52. The maximum Gasteiger partial charge on any atom is 0.270 e. The first-order valence-electron chi connectivity index (χ1n) is 7.51. The number of nitro groups is 1. The lowest BCUT2D eigenvalue weighted by atomic mass is 9.81. The average Bonchev–Trinajstić information content (AvgIpc) is 2.80. The number of hydrazine groups is 1. The predicted molar refractivity (Wildman–Crippen MR) is 94.1 cm³/mol. The van der Waals surface area contributed by atoms with E-state index in [0.717, 1.165) is 5.01 Å². The van der Waals surface area contributed by atoms with Crippen LogP contribution in [0, 0.1) is 22.0 Å². The molecule has 1 aromatic rings. The topological polar surface area (TPSA) is 110 Å². The highest BCUT2D eigenvalue weighted by molar-refractivity contribution is 9.12. The van der Waals surface area contributed by atoms with Gasteiger partial charge in [0.25, 0.3) is 23.4 Å². The average molecular weight is 475 g/mol. The van der Waals surface area contributed by atoms with E-state index in [0.29, 0.717) is 12.8 Å². The fraction of sp³-hybridized carbons (Fsp3) is 0.400. The summed E-state index contributed by atoms with van der Waals surface area (Å²) < 4.78 is 0. The molecule has 0 aromatic heterocycles. The van der Waals surface area contributed by atoms with Gasteiger partial charge in [0.1, 0.15) is 0 Å². The van der Waals surface area contributed by atoms with Crippen molar-refractivity contribution in [3.05, 3.63) is 39.9 Å². The van der Waals surface area contributed by atoms with E-state index in [1.807, 2.05) is 0 Å². The molecule has 2 aliphatic rings. The number of hydrogen-bond acceptors (Lipinski definition) is 5. The van der Waals surface area contributed by atoms with E-state index in [9.17, 15) is 24.5 Å². The van der Waals surface area contributed by atoms with Crippen LogP contribution in [0.1, 0.15) is 23.2 Å². The zero-order valence-electron chi connectivity index (χ0n) is 12.7. The van der Waals surface area contributed by atoms with E-state index in [4.69, 9.17) is 0 Å². The van der Waals surface area contributed by atoms with Crippen LogP contribution in [0.25, 0.3) is 0 Å². The number of non-ortho nitro benzene ring substituents is 1. The number of imide groups is 1. The smallest absolute Gasteiger partial charge is 0.270 e. The van der Waals surface area contributed by atoms with Crippen molar-refractivity contribution >= 4 is 55.3 Å². The van der Waals surface area contributed by atoms with E-state index in [1.165, 1.54) is 24.3 Å². The fourth-order valence-electron chi connectivity index (χ4n) is 3.11. The zero-order chi connectivity index (χ0) is 18.3. The molecule has 1 N–H and O–H groups in total. The van der Waals surface area contributed by atoms with Crippen LogP contribution in [0.4, 0.5) is 5.69 Å². The second-order valence-electron chi connectivity index (χ2n) is 5.97. The van der Waals surface area contributed by atoms with Crippen molar-refractivity contribution in [2.45, 2.75) is 22.5 Å². The number of nitrogens with one attached hydrogen (secondary N) is 1. The van der Waals surface area contributed by atoms with Crippen LogP contribution in [-0.2, 0) is 9.59 Å². The lowest BCUT2D eigenvalue weighted by Gasteiger charge is -2.29. The first kappa shape index (κ1) is 18.0. The first-order valence-corrected chi connectivity index (χ1v) is 9.34. The van der Waals surface area contributed by atoms with Crippen LogP contribution in [0.5, 0.6) is 0 Å². The molecule has 132 valence electrons. The van der Waals surface area contributed by atoms with Crippen molar-refractivity contribution in [1.29, 1.82) is 0 Å². The van der Waals surface area contributed by atoms with Crippen LogP contribution in [-0.4, -0.2) is 37.3 Å². The summed E-state index contributed by atoms with van der Waals surface area (Å²) in [4.78, 5) is 47.4. The third-order valence-electron chi connectivity index (χ3n) is 4.47. The molecule has 3 rings (SSSR count). The summed E-state index contributed by atoms with van der Waals surface area (Å²) in [7, 11) is 0. The normalized spacial score (nSPS) is 28.6. The maximum atomic E-state index is 12.5. The molecular weight excluding hydrogens is 462 g/mol. The van der Waals surface area contributed by atoms with Crippen molar-refractivity contribution in [3.8, 4) is 0 Å². The molecule has 25 heavy (non-hydrogen) atoms. The van der Waals surface area contributed by atoms with Gasteiger partial charge in [-0.15, -0.1) is 0 Å². The number of fused-ring (bicyclic) bond motifs is 1. The lowest BCUT2D eigenvalue weighted by molar-refractivity contribution is -0.384. The van der Waals surface area contributed by atoms with Gasteiger partial charge < -0.3 is 0 Å². The van der Waals surface area contributed by atoms with Gasteiger partial charge in [-0.25, -0.2) is 0 Å². The Morgan fingerprint density at radius 1 is 1.08 bits per heavy atom. The predicted octanol–water partition coefficient (Wildman–Crippen LogP) is 2.16. The molecule has 1 saturated carbocycles. The van der Waals surface area contributed by atoms with E-state index in [1.54, 1.807) is 0 Å². The summed E-state index contributed by atoms with van der Waals surface area (Å²) in [5, 5.41) is 11.4. The van der Waals surface area contributed by atoms with Crippen molar-refractivity contribution in [1.82, 2.24) is 10.4 Å². The zero-order valence-corrected chi connectivity index (χ0v) is 15.9. The molecule has 1 aromatic carbocycles. The van der Waals surface area contributed by atoms with Gasteiger partial charge in [-0.05, 0) is 25.0 Å². The van der Waals surface area contributed by atoms with E-state index in [-0.39, 0.29) is 20.9 Å². The number of halogens is 2. The molecule has 0 unspecified atom stereocenters. The van der Waals surface area contributed by atoms with Gasteiger partial charge in [0, 0.05) is 27.4 Å². The Balaban J connectivity index is 1.74. The first-order chi connectivity index (χ1) is 11.8. The molecule has 8 nitrogen and oxygen atoms in total. The number of hydrogen-bond donors (Lipinski definition) is 1. The fourth-order valence-corrected chi connectivity index (χ4v) is 4.34. The van der Waals surface area contributed by atoms with Gasteiger partial charge in [0.05, 0.1) is 16.8 Å². The molecule has 1 aliphatic heterocycles. The minimum absolute atomic E-state index is 0.0795. The molecule has 1 aliphatic carbocycles. The number of carbonyl (C=O) groups excluding carboxylic acids is 3. The Morgan fingerprint density at radius 2 is 1.56 bits per heavy atom. The minimum atomic E-state index is -0.666. The highest BCUT2D eigenvalue weighted by Crippen LogP contribution is 2.42. The SMILES string of the molecule is O=C(NN1C(=O)[C@@H]2C[C@@H](Br)[C@@H](Br)C[C@H]2C1=O)c1ccc([N+](=O)[O-])cc1. The van der Waals surface area contributed by atoms with Crippen molar-refractivity contribution in [2.75, 3.05) is 0 Å².